The Bertz CT molecular complexity index is 946. The van der Waals surface area contributed by atoms with E-state index in [4.69, 9.17) is 16.3 Å². The van der Waals surface area contributed by atoms with Crippen molar-refractivity contribution in [2.75, 3.05) is 50.1 Å². The van der Waals surface area contributed by atoms with Gasteiger partial charge in [0.05, 0.1) is 7.11 Å². The molecule has 2 heterocycles. The zero-order valence-electron chi connectivity index (χ0n) is 16.1. The van der Waals surface area contributed by atoms with Crippen molar-refractivity contribution in [3.63, 3.8) is 0 Å². The summed E-state index contributed by atoms with van der Waals surface area (Å²) in [6, 6.07) is 6.51. The summed E-state index contributed by atoms with van der Waals surface area (Å²) in [5.41, 5.74) is 0.861. The molecule has 0 radical (unpaired) electrons. The molecule has 8 nitrogen and oxygen atoms in total. The molecule has 28 heavy (non-hydrogen) atoms. The van der Waals surface area contributed by atoms with Crippen LogP contribution in [0.2, 0.25) is 5.02 Å². The Morgan fingerprint density at radius 3 is 2.54 bits per heavy atom. The summed E-state index contributed by atoms with van der Waals surface area (Å²) in [6.07, 6.45) is 0. The standard InChI is InChI=1S/C18H24ClN5O3S/c1-4-20-18-21-13(2)11-17(22-18)23-7-9-24(10-8-23)28(25,26)16-12-14(19)5-6-15(16)27-3/h5-6,11-12H,4,7-10H2,1-3H3,(H,20,21,22). The second-order valence-electron chi connectivity index (χ2n) is 6.41. The summed E-state index contributed by atoms with van der Waals surface area (Å²) >= 11 is 6.01. The number of anilines is 2. The summed E-state index contributed by atoms with van der Waals surface area (Å²) in [4.78, 5) is 11.0. The first-order valence-electron chi connectivity index (χ1n) is 9.03. The molecule has 0 amide bonds. The number of nitrogens with one attached hydrogen (secondary N) is 1. The van der Waals surface area contributed by atoms with Gasteiger partial charge in [0.15, 0.2) is 0 Å². The fourth-order valence-electron chi connectivity index (χ4n) is 3.10. The Morgan fingerprint density at radius 2 is 1.89 bits per heavy atom. The number of hydrogen-bond donors (Lipinski definition) is 1. The van der Waals surface area contributed by atoms with Gasteiger partial charge in [-0.3, -0.25) is 0 Å². The molecule has 0 aliphatic carbocycles. The average molecular weight is 426 g/mol. The second-order valence-corrected chi connectivity index (χ2v) is 8.75. The predicted octanol–water partition coefficient (Wildman–Crippen LogP) is 2.39. The molecule has 152 valence electrons. The van der Waals surface area contributed by atoms with E-state index in [9.17, 15) is 8.42 Å². The maximum absolute atomic E-state index is 13.1. The molecule has 0 atom stereocenters. The smallest absolute Gasteiger partial charge is 0.246 e. The Balaban J connectivity index is 1.78. The van der Waals surface area contributed by atoms with E-state index in [1.165, 1.54) is 17.5 Å². The van der Waals surface area contributed by atoms with Gasteiger partial charge in [0.1, 0.15) is 16.5 Å². The number of rotatable bonds is 6. The van der Waals surface area contributed by atoms with Crippen LogP contribution in [0, 0.1) is 6.92 Å². The lowest BCUT2D eigenvalue weighted by molar-refractivity contribution is 0.373. The normalized spacial score (nSPS) is 15.5. The zero-order valence-corrected chi connectivity index (χ0v) is 17.7. The van der Waals surface area contributed by atoms with Gasteiger partial charge in [0.2, 0.25) is 16.0 Å². The van der Waals surface area contributed by atoms with Crippen LogP contribution < -0.4 is 15.0 Å². The maximum atomic E-state index is 13.1. The molecule has 3 rings (SSSR count). The second kappa shape index (κ2) is 8.50. The number of ether oxygens (including phenoxy) is 1. The van der Waals surface area contributed by atoms with Gasteiger partial charge in [-0.1, -0.05) is 11.6 Å². The lowest BCUT2D eigenvalue weighted by atomic mass is 10.3. The van der Waals surface area contributed by atoms with E-state index in [-0.39, 0.29) is 10.6 Å². The van der Waals surface area contributed by atoms with Crippen LogP contribution in [-0.4, -0.2) is 62.5 Å². The summed E-state index contributed by atoms with van der Waals surface area (Å²) in [7, 11) is -2.26. The number of halogens is 1. The minimum atomic E-state index is -3.71. The Hall–Kier alpha value is -2.10. The Labute approximate surface area is 170 Å². The molecule has 2 aromatic rings. The highest BCUT2D eigenvalue weighted by molar-refractivity contribution is 7.89. The van der Waals surface area contributed by atoms with Crippen LogP contribution in [0.5, 0.6) is 5.75 Å². The third kappa shape index (κ3) is 4.31. The van der Waals surface area contributed by atoms with E-state index < -0.39 is 10.0 Å². The third-order valence-corrected chi connectivity index (χ3v) is 6.64. The minimum absolute atomic E-state index is 0.0864. The fraction of sp³-hybridized carbons (Fsp3) is 0.444. The van der Waals surface area contributed by atoms with Gasteiger partial charge in [-0.05, 0) is 32.0 Å². The maximum Gasteiger partial charge on any atom is 0.246 e. The van der Waals surface area contributed by atoms with Crippen molar-refractivity contribution in [3.05, 3.63) is 35.0 Å². The molecule has 10 heteroatoms. The molecular weight excluding hydrogens is 402 g/mol. The molecule has 0 spiro atoms. The quantitative estimate of drug-likeness (QED) is 0.760. The topological polar surface area (TPSA) is 87.7 Å². The monoisotopic (exact) mass is 425 g/mol. The lowest BCUT2D eigenvalue weighted by Crippen LogP contribution is -2.49. The first kappa shape index (κ1) is 20.6. The van der Waals surface area contributed by atoms with Gasteiger partial charge in [-0.2, -0.15) is 9.29 Å². The van der Waals surface area contributed by atoms with E-state index in [1.807, 2.05) is 19.9 Å². The van der Waals surface area contributed by atoms with E-state index in [2.05, 4.69) is 20.2 Å². The van der Waals surface area contributed by atoms with E-state index >= 15 is 0 Å². The van der Waals surface area contributed by atoms with Crippen LogP contribution in [-0.2, 0) is 10.0 Å². The SMILES string of the molecule is CCNc1nc(C)cc(N2CCN(S(=O)(=O)c3cc(Cl)ccc3OC)CC2)n1. The van der Waals surface area contributed by atoms with Crippen LogP contribution in [0.3, 0.4) is 0 Å². The number of benzene rings is 1. The highest BCUT2D eigenvalue weighted by Gasteiger charge is 2.31. The fourth-order valence-corrected chi connectivity index (χ4v) is 4.94. The molecule has 0 saturated carbocycles. The molecule has 1 aromatic carbocycles. The molecule has 1 fully saturated rings. The van der Waals surface area contributed by atoms with Crippen LogP contribution in [0.4, 0.5) is 11.8 Å². The Kier molecular flexibility index (Phi) is 6.26. The number of nitrogens with zero attached hydrogens (tertiary/aromatic N) is 4. The molecule has 0 bridgehead atoms. The van der Waals surface area contributed by atoms with Crippen molar-refractivity contribution >= 4 is 33.4 Å². The van der Waals surface area contributed by atoms with Gasteiger partial charge in [-0.25, -0.2) is 13.4 Å². The summed E-state index contributed by atoms with van der Waals surface area (Å²) in [5, 5.41) is 3.47. The van der Waals surface area contributed by atoms with Gasteiger partial charge in [0, 0.05) is 49.5 Å². The van der Waals surface area contributed by atoms with E-state index in [0.29, 0.717) is 37.1 Å². The molecule has 1 aromatic heterocycles. The number of aromatic nitrogens is 2. The van der Waals surface area contributed by atoms with Crippen molar-refractivity contribution in [1.82, 2.24) is 14.3 Å². The zero-order chi connectivity index (χ0) is 20.3. The minimum Gasteiger partial charge on any atom is -0.495 e. The van der Waals surface area contributed by atoms with Crippen molar-refractivity contribution < 1.29 is 13.2 Å². The van der Waals surface area contributed by atoms with Gasteiger partial charge in [0.25, 0.3) is 0 Å². The highest BCUT2D eigenvalue weighted by Crippen LogP contribution is 2.30. The van der Waals surface area contributed by atoms with Crippen LogP contribution in [0.25, 0.3) is 0 Å². The lowest BCUT2D eigenvalue weighted by Gasteiger charge is -2.35. The van der Waals surface area contributed by atoms with Gasteiger partial charge in [-0.15, -0.1) is 0 Å². The van der Waals surface area contributed by atoms with E-state index in [1.54, 1.807) is 12.1 Å². The predicted molar refractivity (Wildman–Crippen MR) is 110 cm³/mol. The number of hydrogen-bond acceptors (Lipinski definition) is 7. The number of sulfonamides is 1. The van der Waals surface area contributed by atoms with Crippen molar-refractivity contribution in [2.24, 2.45) is 0 Å². The molecule has 1 aliphatic rings. The Morgan fingerprint density at radius 1 is 1.18 bits per heavy atom. The summed E-state index contributed by atoms with van der Waals surface area (Å²) in [5.74, 6) is 1.66. The summed E-state index contributed by atoms with van der Waals surface area (Å²) in [6.45, 7) is 6.39. The van der Waals surface area contributed by atoms with Crippen LogP contribution >= 0.6 is 11.6 Å². The molecule has 1 saturated heterocycles. The largest absolute Gasteiger partial charge is 0.495 e. The molecular formula is C18H24ClN5O3S. The van der Waals surface area contributed by atoms with E-state index in [0.717, 1.165) is 18.1 Å². The third-order valence-electron chi connectivity index (χ3n) is 4.48. The van der Waals surface area contributed by atoms with Crippen molar-refractivity contribution in [2.45, 2.75) is 18.7 Å². The first-order chi connectivity index (χ1) is 13.3. The van der Waals surface area contributed by atoms with Crippen LogP contribution in [0.15, 0.2) is 29.2 Å². The molecule has 1 aliphatic heterocycles. The number of methoxy groups -OCH3 is 1. The summed E-state index contributed by atoms with van der Waals surface area (Å²) < 4.78 is 32.9. The van der Waals surface area contributed by atoms with Gasteiger partial charge >= 0.3 is 0 Å². The number of piperazine rings is 1. The molecule has 1 N–H and O–H groups in total. The van der Waals surface area contributed by atoms with Gasteiger partial charge < -0.3 is 15.0 Å². The van der Waals surface area contributed by atoms with Crippen LogP contribution in [0.1, 0.15) is 12.6 Å². The molecule has 0 unspecified atom stereocenters. The first-order valence-corrected chi connectivity index (χ1v) is 10.8. The van der Waals surface area contributed by atoms with Crippen molar-refractivity contribution in [1.29, 1.82) is 0 Å². The number of aryl methyl sites for hydroxylation is 1. The average Bonchev–Trinajstić information content (AvgIpc) is 2.68. The highest BCUT2D eigenvalue weighted by atomic mass is 35.5. The van der Waals surface area contributed by atoms with Crippen molar-refractivity contribution in [3.8, 4) is 5.75 Å².